The minimum Gasteiger partial charge on any atom is -0.352 e. The molecule has 4 nitrogen and oxygen atoms in total. The molecular formula is C23H23ClN2O2S. The lowest BCUT2D eigenvalue weighted by Gasteiger charge is -2.31. The quantitative estimate of drug-likeness (QED) is 0.677. The Bertz CT molecular complexity index is 953. The average molecular weight is 427 g/mol. The molecule has 4 rings (SSSR count). The number of hydrogen-bond donors (Lipinski definition) is 1. The fourth-order valence-corrected chi connectivity index (χ4v) is 5.09. The zero-order valence-corrected chi connectivity index (χ0v) is 17.6. The summed E-state index contributed by atoms with van der Waals surface area (Å²) >= 11 is 7.51. The Hall–Kier alpha value is -2.24. The molecule has 0 bridgehead atoms. The molecule has 2 aliphatic rings. The molecule has 0 unspecified atom stereocenters. The Morgan fingerprint density at radius 1 is 1.14 bits per heavy atom. The number of benzene rings is 2. The molecule has 29 heavy (non-hydrogen) atoms. The van der Waals surface area contributed by atoms with Gasteiger partial charge in [-0.1, -0.05) is 66.9 Å². The lowest BCUT2D eigenvalue weighted by molar-refractivity contribution is -0.123. The highest BCUT2D eigenvalue weighted by atomic mass is 35.5. The van der Waals surface area contributed by atoms with E-state index in [1.807, 2.05) is 48.5 Å². The van der Waals surface area contributed by atoms with Crippen molar-refractivity contribution in [1.82, 2.24) is 5.32 Å². The fraction of sp³-hybridized carbons (Fsp3) is 0.304. The summed E-state index contributed by atoms with van der Waals surface area (Å²) in [5.74, 6) is -0.262. The molecule has 0 spiro atoms. The van der Waals surface area contributed by atoms with Gasteiger partial charge in [-0.3, -0.25) is 14.5 Å². The lowest BCUT2D eigenvalue weighted by Crippen LogP contribution is -2.46. The third-order valence-corrected chi connectivity index (χ3v) is 6.56. The van der Waals surface area contributed by atoms with Crippen molar-refractivity contribution >= 4 is 46.9 Å². The number of halogens is 1. The lowest BCUT2D eigenvalue weighted by atomic mass is 9.95. The number of rotatable bonds is 4. The van der Waals surface area contributed by atoms with Crippen molar-refractivity contribution in [1.29, 1.82) is 0 Å². The molecule has 150 valence electrons. The normalized spacial score (nSPS) is 18.6. The van der Waals surface area contributed by atoms with Gasteiger partial charge in [0.1, 0.15) is 6.54 Å². The van der Waals surface area contributed by atoms with E-state index in [1.54, 1.807) is 11.0 Å². The predicted molar refractivity (Wildman–Crippen MR) is 119 cm³/mol. The predicted octanol–water partition coefficient (Wildman–Crippen LogP) is 5.27. The molecule has 1 fully saturated rings. The second-order valence-corrected chi connectivity index (χ2v) is 8.95. The van der Waals surface area contributed by atoms with Crippen LogP contribution in [0.1, 0.15) is 37.7 Å². The van der Waals surface area contributed by atoms with Crippen molar-refractivity contribution < 1.29 is 9.59 Å². The zero-order chi connectivity index (χ0) is 20.2. The van der Waals surface area contributed by atoms with E-state index < -0.39 is 0 Å². The van der Waals surface area contributed by atoms with Crippen molar-refractivity contribution in [2.45, 2.75) is 43.0 Å². The first-order valence-electron chi connectivity index (χ1n) is 9.95. The largest absolute Gasteiger partial charge is 0.352 e. The Morgan fingerprint density at radius 3 is 2.72 bits per heavy atom. The summed E-state index contributed by atoms with van der Waals surface area (Å²) in [4.78, 5) is 29.1. The van der Waals surface area contributed by atoms with Crippen molar-refractivity contribution in [2.24, 2.45) is 0 Å². The number of nitrogens with one attached hydrogen (secondary N) is 1. The standard InChI is InChI=1S/C23H23ClN2O2S/c24-17-8-6-7-16(13-17)14-21-23(28)26(19-11-4-5-12-20(19)29-21)15-22(27)25-18-9-2-1-3-10-18/h4-8,11-14,18H,1-3,9-10,15H2,(H,25,27). The maximum atomic E-state index is 13.2. The van der Waals surface area contributed by atoms with Gasteiger partial charge in [0, 0.05) is 16.0 Å². The van der Waals surface area contributed by atoms with Crippen LogP contribution in [-0.2, 0) is 9.59 Å². The molecule has 1 heterocycles. The zero-order valence-electron chi connectivity index (χ0n) is 16.1. The van der Waals surface area contributed by atoms with Crippen molar-refractivity contribution in [3.8, 4) is 0 Å². The highest BCUT2D eigenvalue weighted by Crippen LogP contribution is 2.42. The van der Waals surface area contributed by atoms with E-state index in [1.165, 1.54) is 18.2 Å². The van der Waals surface area contributed by atoms with E-state index in [2.05, 4.69) is 5.32 Å². The first-order valence-corrected chi connectivity index (χ1v) is 11.1. The van der Waals surface area contributed by atoms with Crippen molar-refractivity contribution in [2.75, 3.05) is 11.4 Å². The van der Waals surface area contributed by atoms with Gasteiger partial charge in [-0.15, -0.1) is 0 Å². The van der Waals surface area contributed by atoms with E-state index in [-0.39, 0.29) is 24.4 Å². The van der Waals surface area contributed by atoms with Gasteiger partial charge in [-0.25, -0.2) is 0 Å². The number of nitrogens with zero attached hydrogens (tertiary/aromatic N) is 1. The smallest absolute Gasteiger partial charge is 0.265 e. The van der Waals surface area contributed by atoms with Crippen LogP contribution in [0.25, 0.3) is 6.08 Å². The van der Waals surface area contributed by atoms with E-state index >= 15 is 0 Å². The van der Waals surface area contributed by atoms with Crippen LogP contribution >= 0.6 is 23.4 Å². The van der Waals surface area contributed by atoms with Crippen LogP contribution in [0.15, 0.2) is 58.3 Å². The van der Waals surface area contributed by atoms with E-state index in [0.717, 1.165) is 41.8 Å². The Kier molecular flexibility index (Phi) is 6.26. The van der Waals surface area contributed by atoms with Crippen LogP contribution in [-0.4, -0.2) is 24.4 Å². The third-order valence-electron chi connectivity index (χ3n) is 5.25. The third kappa shape index (κ3) is 4.85. The molecule has 2 aromatic carbocycles. The van der Waals surface area contributed by atoms with Gasteiger partial charge in [0.05, 0.1) is 10.6 Å². The summed E-state index contributed by atoms with van der Waals surface area (Å²) in [6.45, 7) is 0.0276. The maximum absolute atomic E-state index is 13.2. The van der Waals surface area contributed by atoms with Crippen molar-refractivity contribution in [3.05, 3.63) is 64.0 Å². The molecule has 6 heteroatoms. The Morgan fingerprint density at radius 2 is 1.93 bits per heavy atom. The number of anilines is 1. The van der Waals surface area contributed by atoms with Gasteiger partial charge in [0.15, 0.2) is 0 Å². The molecule has 1 saturated carbocycles. The molecule has 2 amide bonds. The first-order chi connectivity index (χ1) is 14.1. The summed E-state index contributed by atoms with van der Waals surface area (Å²) in [7, 11) is 0. The Labute approximate surface area is 180 Å². The topological polar surface area (TPSA) is 49.4 Å². The van der Waals surface area contributed by atoms with E-state index in [9.17, 15) is 9.59 Å². The van der Waals surface area contributed by atoms with Gasteiger partial charge in [-0.05, 0) is 48.7 Å². The SMILES string of the molecule is O=C(CN1C(=O)C(=Cc2cccc(Cl)c2)Sc2ccccc21)NC1CCCCC1. The second-order valence-electron chi connectivity index (χ2n) is 7.43. The molecule has 1 aliphatic heterocycles. The minimum atomic E-state index is -0.160. The number of carbonyl (C=O) groups excluding carboxylic acids is 2. The second kappa shape index (κ2) is 9.06. The molecule has 2 aromatic rings. The highest BCUT2D eigenvalue weighted by molar-refractivity contribution is 8.04. The number of fused-ring (bicyclic) bond motifs is 1. The Balaban J connectivity index is 1.58. The highest BCUT2D eigenvalue weighted by Gasteiger charge is 2.31. The summed E-state index contributed by atoms with van der Waals surface area (Å²) in [5, 5.41) is 3.73. The van der Waals surface area contributed by atoms with E-state index in [4.69, 9.17) is 11.6 Å². The monoisotopic (exact) mass is 426 g/mol. The van der Waals surface area contributed by atoms with Gasteiger partial charge >= 0.3 is 0 Å². The van der Waals surface area contributed by atoms with Crippen LogP contribution in [0.3, 0.4) is 0 Å². The summed E-state index contributed by atoms with van der Waals surface area (Å²) in [6, 6.07) is 15.3. The van der Waals surface area contributed by atoms with Crippen molar-refractivity contribution in [3.63, 3.8) is 0 Å². The summed E-state index contributed by atoms with van der Waals surface area (Å²) in [6.07, 6.45) is 7.41. The van der Waals surface area contributed by atoms with Gasteiger partial charge < -0.3 is 5.32 Å². The maximum Gasteiger partial charge on any atom is 0.265 e. The van der Waals surface area contributed by atoms with Crippen LogP contribution in [0.4, 0.5) is 5.69 Å². The summed E-state index contributed by atoms with van der Waals surface area (Å²) < 4.78 is 0. The van der Waals surface area contributed by atoms with Gasteiger partial charge in [0.25, 0.3) is 5.91 Å². The van der Waals surface area contributed by atoms with Gasteiger partial charge in [-0.2, -0.15) is 0 Å². The number of thioether (sulfide) groups is 1. The molecule has 0 atom stereocenters. The fourth-order valence-electron chi connectivity index (χ4n) is 3.83. The van der Waals surface area contributed by atoms with Crippen LogP contribution in [0.5, 0.6) is 0 Å². The molecule has 1 aliphatic carbocycles. The minimum absolute atomic E-state index is 0.0276. The van der Waals surface area contributed by atoms with Crippen LogP contribution < -0.4 is 10.2 Å². The first kappa shape index (κ1) is 20.0. The summed E-state index contributed by atoms with van der Waals surface area (Å²) in [5.41, 5.74) is 1.64. The number of carbonyl (C=O) groups is 2. The molecule has 1 N–H and O–H groups in total. The van der Waals surface area contributed by atoms with E-state index in [0.29, 0.717) is 9.93 Å². The van der Waals surface area contributed by atoms with Gasteiger partial charge in [0.2, 0.25) is 5.91 Å². The van der Waals surface area contributed by atoms with Crippen LogP contribution in [0.2, 0.25) is 5.02 Å². The average Bonchev–Trinajstić information content (AvgIpc) is 2.72. The molecule has 0 radical (unpaired) electrons. The number of hydrogen-bond acceptors (Lipinski definition) is 3. The number of para-hydroxylation sites is 1. The molecule has 0 saturated heterocycles. The molecule has 0 aromatic heterocycles. The van der Waals surface area contributed by atoms with Crippen LogP contribution in [0, 0.1) is 0 Å². The number of amides is 2. The molecular weight excluding hydrogens is 404 g/mol.